The first-order valence-electron chi connectivity index (χ1n) is 9.84. The molecular formula is C21H27ClFN5O. The van der Waals surface area contributed by atoms with Crippen molar-refractivity contribution in [2.45, 2.75) is 38.6 Å². The zero-order valence-electron chi connectivity index (χ0n) is 17.0. The molecule has 0 unspecified atom stereocenters. The molecule has 0 spiro atoms. The fourth-order valence-electron chi connectivity index (χ4n) is 3.51. The van der Waals surface area contributed by atoms with Crippen molar-refractivity contribution in [1.29, 1.82) is 0 Å². The van der Waals surface area contributed by atoms with E-state index in [9.17, 15) is 9.18 Å². The number of carbonyl (C=O) groups is 1. The summed E-state index contributed by atoms with van der Waals surface area (Å²) in [5.41, 5.74) is 1.31. The molecule has 1 heterocycles. The number of hydrogen-bond donors (Lipinski definition) is 2. The normalized spacial score (nSPS) is 18.9. The van der Waals surface area contributed by atoms with E-state index in [0.29, 0.717) is 17.4 Å². The first-order chi connectivity index (χ1) is 13.8. The van der Waals surface area contributed by atoms with Gasteiger partial charge in [0.1, 0.15) is 11.6 Å². The van der Waals surface area contributed by atoms with Crippen LogP contribution in [-0.4, -0.2) is 42.6 Å². The van der Waals surface area contributed by atoms with Gasteiger partial charge in [-0.1, -0.05) is 11.6 Å². The smallest absolute Gasteiger partial charge is 0.251 e. The molecule has 0 atom stereocenters. The first kappa shape index (κ1) is 21.3. The molecule has 3 rings (SSSR count). The average Bonchev–Trinajstić information content (AvgIpc) is 2.69. The maximum atomic E-state index is 13.3. The molecule has 0 bridgehead atoms. The number of aryl methyl sites for hydroxylation is 1. The summed E-state index contributed by atoms with van der Waals surface area (Å²) in [6.07, 6.45) is 3.83. The highest BCUT2D eigenvalue weighted by Crippen LogP contribution is 2.25. The summed E-state index contributed by atoms with van der Waals surface area (Å²) >= 11 is 5.77. The molecule has 0 radical (unpaired) electrons. The number of anilines is 2. The van der Waals surface area contributed by atoms with Crippen LogP contribution in [0, 0.1) is 18.7 Å². The van der Waals surface area contributed by atoms with Crippen molar-refractivity contribution >= 4 is 29.3 Å². The molecule has 0 aliphatic heterocycles. The van der Waals surface area contributed by atoms with Gasteiger partial charge in [-0.15, -0.1) is 0 Å². The number of aromatic nitrogens is 2. The van der Waals surface area contributed by atoms with Gasteiger partial charge in [-0.3, -0.25) is 4.79 Å². The average molecular weight is 420 g/mol. The molecule has 1 aliphatic carbocycles. The van der Waals surface area contributed by atoms with Crippen LogP contribution in [0.2, 0.25) is 5.02 Å². The lowest BCUT2D eigenvalue weighted by atomic mass is 9.86. The van der Waals surface area contributed by atoms with Gasteiger partial charge in [0.15, 0.2) is 0 Å². The van der Waals surface area contributed by atoms with Gasteiger partial charge in [0.05, 0.1) is 5.02 Å². The third kappa shape index (κ3) is 5.79. The van der Waals surface area contributed by atoms with Crippen LogP contribution in [0.4, 0.5) is 16.2 Å². The lowest BCUT2D eigenvalue weighted by Crippen LogP contribution is -2.38. The lowest BCUT2D eigenvalue weighted by molar-refractivity contribution is 0.0922. The van der Waals surface area contributed by atoms with Crippen LogP contribution in [-0.2, 0) is 0 Å². The molecule has 6 nitrogen and oxygen atoms in total. The number of rotatable bonds is 6. The van der Waals surface area contributed by atoms with Crippen molar-refractivity contribution in [1.82, 2.24) is 15.3 Å². The third-order valence-corrected chi connectivity index (χ3v) is 5.50. The Balaban J connectivity index is 1.47. The van der Waals surface area contributed by atoms with E-state index in [1.165, 1.54) is 18.2 Å². The Bertz CT molecular complexity index is 868. The minimum absolute atomic E-state index is 0.0387. The standard InChI is InChI=1S/C21H27ClFN5O/c1-13-10-19(28(2)3)27-21(25-13)24-12-14-4-7-16(8-5-14)26-20(29)15-6-9-18(23)17(22)11-15/h6,9-11,14,16H,4-5,7-8,12H2,1-3H3,(H,26,29)(H,24,25,27). The number of hydrogen-bond acceptors (Lipinski definition) is 5. The van der Waals surface area contributed by atoms with E-state index in [-0.39, 0.29) is 17.0 Å². The molecular weight excluding hydrogens is 393 g/mol. The van der Waals surface area contributed by atoms with E-state index in [1.54, 1.807) is 0 Å². The SMILES string of the molecule is Cc1cc(N(C)C)nc(NCC2CCC(NC(=O)c3ccc(F)c(Cl)c3)CC2)n1. The third-order valence-electron chi connectivity index (χ3n) is 5.21. The van der Waals surface area contributed by atoms with E-state index in [0.717, 1.165) is 43.7 Å². The largest absolute Gasteiger partial charge is 0.363 e. The number of halogens is 2. The van der Waals surface area contributed by atoms with Gasteiger partial charge in [-0.25, -0.2) is 9.37 Å². The van der Waals surface area contributed by atoms with Crippen molar-refractivity contribution in [3.8, 4) is 0 Å². The Morgan fingerprint density at radius 1 is 1.21 bits per heavy atom. The van der Waals surface area contributed by atoms with Crippen molar-refractivity contribution in [3.05, 3.63) is 46.4 Å². The van der Waals surface area contributed by atoms with Crippen molar-refractivity contribution < 1.29 is 9.18 Å². The second kappa shape index (κ2) is 9.39. The Labute approximate surface area is 175 Å². The molecule has 1 aliphatic rings. The van der Waals surface area contributed by atoms with E-state index < -0.39 is 5.82 Å². The van der Waals surface area contributed by atoms with Gasteiger partial charge in [-0.2, -0.15) is 4.98 Å². The van der Waals surface area contributed by atoms with E-state index >= 15 is 0 Å². The predicted molar refractivity (Wildman–Crippen MR) is 114 cm³/mol. The molecule has 0 saturated heterocycles. The number of nitrogens with one attached hydrogen (secondary N) is 2. The second-order valence-electron chi connectivity index (χ2n) is 7.79. The molecule has 8 heteroatoms. The van der Waals surface area contributed by atoms with Crippen LogP contribution in [0.15, 0.2) is 24.3 Å². The molecule has 156 valence electrons. The summed E-state index contributed by atoms with van der Waals surface area (Å²) < 4.78 is 13.3. The van der Waals surface area contributed by atoms with Crippen LogP contribution in [0.1, 0.15) is 41.7 Å². The fraction of sp³-hybridized carbons (Fsp3) is 0.476. The van der Waals surface area contributed by atoms with Gasteiger partial charge in [0.25, 0.3) is 5.91 Å². The highest BCUT2D eigenvalue weighted by atomic mass is 35.5. The van der Waals surface area contributed by atoms with Crippen molar-refractivity contribution in [2.75, 3.05) is 30.9 Å². The van der Waals surface area contributed by atoms with Crippen LogP contribution in [0.3, 0.4) is 0 Å². The quantitative estimate of drug-likeness (QED) is 0.739. The Kier molecular flexibility index (Phi) is 6.90. The predicted octanol–water partition coefficient (Wildman–Crippen LogP) is 4.04. The molecule has 1 amide bonds. The highest BCUT2D eigenvalue weighted by Gasteiger charge is 2.23. The molecule has 2 aromatic rings. The molecule has 29 heavy (non-hydrogen) atoms. The summed E-state index contributed by atoms with van der Waals surface area (Å²) in [4.78, 5) is 23.3. The molecule has 2 N–H and O–H groups in total. The van der Waals surface area contributed by atoms with Crippen LogP contribution in [0.5, 0.6) is 0 Å². The van der Waals surface area contributed by atoms with Crippen LogP contribution >= 0.6 is 11.6 Å². The maximum Gasteiger partial charge on any atom is 0.251 e. The zero-order valence-corrected chi connectivity index (χ0v) is 17.8. The van der Waals surface area contributed by atoms with E-state index in [2.05, 4.69) is 20.6 Å². The fourth-order valence-corrected chi connectivity index (χ4v) is 3.69. The van der Waals surface area contributed by atoms with Crippen molar-refractivity contribution in [3.63, 3.8) is 0 Å². The Morgan fingerprint density at radius 3 is 2.59 bits per heavy atom. The second-order valence-corrected chi connectivity index (χ2v) is 8.19. The zero-order chi connectivity index (χ0) is 21.0. The summed E-state index contributed by atoms with van der Waals surface area (Å²) in [5, 5.41) is 6.35. The number of benzene rings is 1. The van der Waals surface area contributed by atoms with Gasteiger partial charge in [0, 0.05) is 44.0 Å². The molecule has 1 saturated carbocycles. The number of nitrogens with zero attached hydrogens (tertiary/aromatic N) is 3. The van der Waals surface area contributed by atoms with E-state index in [1.807, 2.05) is 32.0 Å². The monoisotopic (exact) mass is 419 g/mol. The first-order valence-corrected chi connectivity index (χ1v) is 10.2. The topological polar surface area (TPSA) is 70.2 Å². The summed E-state index contributed by atoms with van der Waals surface area (Å²) in [6.45, 7) is 2.77. The molecule has 1 aromatic carbocycles. The van der Waals surface area contributed by atoms with Gasteiger partial charge in [0.2, 0.25) is 5.95 Å². The van der Waals surface area contributed by atoms with Crippen LogP contribution < -0.4 is 15.5 Å². The molecule has 1 fully saturated rings. The van der Waals surface area contributed by atoms with Gasteiger partial charge < -0.3 is 15.5 Å². The Morgan fingerprint density at radius 2 is 1.93 bits per heavy atom. The minimum Gasteiger partial charge on any atom is -0.363 e. The van der Waals surface area contributed by atoms with Crippen LogP contribution in [0.25, 0.3) is 0 Å². The summed E-state index contributed by atoms with van der Waals surface area (Å²) in [7, 11) is 3.92. The van der Waals surface area contributed by atoms with Gasteiger partial charge >= 0.3 is 0 Å². The lowest BCUT2D eigenvalue weighted by Gasteiger charge is -2.29. The minimum atomic E-state index is -0.522. The maximum absolute atomic E-state index is 13.3. The van der Waals surface area contributed by atoms with Crippen molar-refractivity contribution in [2.24, 2.45) is 5.92 Å². The number of carbonyl (C=O) groups excluding carboxylic acids is 1. The highest BCUT2D eigenvalue weighted by molar-refractivity contribution is 6.31. The summed E-state index contributed by atoms with van der Waals surface area (Å²) in [6, 6.07) is 6.11. The molecule has 1 aromatic heterocycles. The van der Waals surface area contributed by atoms with Gasteiger partial charge in [-0.05, 0) is 56.7 Å². The summed E-state index contributed by atoms with van der Waals surface area (Å²) in [5.74, 6) is 1.31. The Hall–Kier alpha value is -2.41. The van der Waals surface area contributed by atoms with E-state index in [4.69, 9.17) is 11.6 Å². The number of amides is 1.